The zero-order valence-corrected chi connectivity index (χ0v) is 14.3. The molecule has 4 nitrogen and oxygen atoms in total. The maximum absolute atomic E-state index is 10.0. The maximum Gasteiger partial charge on any atom is 0.0701 e. The van der Waals surface area contributed by atoms with Gasteiger partial charge in [-0.3, -0.25) is 4.90 Å². The molecule has 130 valence electrons. The van der Waals surface area contributed by atoms with Crippen LogP contribution in [-0.2, 0) is 0 Å². The van der Waals surface area contributed by atoms with Crippen molar-refractivity contribution in [1.29, 1.82) is 0 Å². The van der Waals surface area contributed by atoms with Crippen LogP contribution in [-0.4, -0.2) is 58.7 Å². The highest BCUT2D eigenvalue weighted by molar-refractivity contribution is 4.86. The Morgan fingerprint density at radius 2 is 1.27 bits per heavy atom. The minimum Gasteiger partial charge on any atom is -0.395 e. The first-order valence-electron chi connectivity index (χ1n) is 8.63. The predicted octanol–water partition coefficient (Wildman–Crippen LogP) is 2.50. The van der Waals surface area contributed by atoms with E-state index in [1.165, 1.54) is 0 Å². The van der Waals surface area contributed by atoms with Gasteiger partial charge < -0.3 is 15.3 Å². The quantitative estimate of drug-likeness (QED) is 0.431. The number of rotatable bonds is 14. The van der Waals surface area contributed by atoms with Crippen molar-refractivity contribution in [1.82, 2.24) is 4.90 Å². The third kappa shape index (κ3) is 13.0. The van der Waals surface area contributed by atoms with Gasteiger partial charge in [-0.25, -0.2) is 0 Å². The molecular formula is C18H35NO3. The first-order chi connectivity index (χ1) is 10.6. The highest BCUT2D eigenvalue weighted by Crippen LogP contribution is 2.04. The van der Waals surface area contributed by atoms with Crippen LogP contribution >= 0.6 is 0 Å². The molecule has 0 aromatic heterocycles. The molecule has 0 bridgehead atoms. The summed E-state index contributed by atoms with van der Waals surface area (Å²) in [5.74, 6) is 0. The van der Waals surface area contributed by atoms with E-state index in [0.717, 1.165) is 25.7 Å². The molecule has 2 atom stereocenters. The van der Waals surface area contributed by atoms with E-state index in [1.807, 2.05) is 17.1 Å². The molecule has 0 radical (unpaired) electrons. The number of hydrogen-bond acceptors (Lipinski definition) is 4. The van der Waals surface area contributed by atoms with Crippen molar-refractivity contribution in [2.75, 3.05) is 26.2 Å². The lowest BCUT2D eigenvalue weighted by molar-refractivity contribution is 0.0617. The van der Waals surface area contributed by atoms with Gasteiger partial charge in [-0.05, 0) is 25.7 Å². The average molecular weight is 313 g/mol. The van der Waals surface area contributed by atoms with E-state index < -0.39 is 12.2 Å². The Kier molecular flexibility index (Phi) is 14.8. The van der Waals surface area contributed by atoms with Crippen LogP contribution in [0.15, 0.2) is 24.3 Å². The smallest absolute Gasteiger partial charge is 0.0701 e. The summed E-state index contributed by atoms with van der Waals surface area (Å²) >= 11 is 0. The van der Waals surface area contributed by atoms with Crippen LogP contribution in [0.5, 0.6) is 0 Å². The molecule has 2 unspecified atom stereocenters. The van der Waals surface area contributed by atoms with Crippen molar-refractivity contribution in [2.24, 2.45) is 0 Å². The Hall–Kier alpha value is -0.680. The monoisotopic (exact) mass is 313 g/mol. The van der Waals surface area contributed by atoms with E-state index >= 15 is 0 Å². The number of aliphatic hydroxyl groups excluding tert-OH is 3. The van der Waals surface area contributed by atoms with Crippen molar-refractivity contribution in [3.8, 4) is 0 Å². The van der Waals surface area contributed by atoms with Crippen molar-refractivity contribution in [3.63, 3.8) is 0 Å². The zero-order valence-electron chi connectivity index (χ0n) is 14.3. The molecule has 0 aliphatic carbocycles. The number of aliphatic hydroxyl groups is 3. The molecule has 0 aliphatic rings. The van der Waals surface area contributed by atoms with Crippen LogP contribution in [0.3, 0.4) is 0 Å². The predicted molar refractivity (Wildman–Crippen MR) is 92.9 cm³/mol. The van der Waals surface area contributed by atoms with E-state index in [0.29, 0.717) is 32.5 Å². The lowest BCUT2D eigenvalue weighted by Gasteiger charge is -2.26. The second-order valence-corrected chi connectivity index (χ2v) is 5.78. The SMILES string of the molecule is CCC/C=C/CC(O)CN(CCO)CC(O)C/C=C/CCC. The van der Waals surface area contributed by atoms with Crippen LogP contribution in [0.4, 0.5) is 0 Å². The van der Waals surface area contributed by atoms with Crippen molar-refractivity contribution < 1.29 is 15.3 Å². The van der Waals surface area contributed by atoms with Gasteiger partial charge in [0.25, 0.3) is 0 Å². The molecular weight excluding hydrogens is 278 g/mol. The minimum absolute atomic E-state index is 0.0385. The zero-order chi connectivity index (χ0) is 16.6. The van der Waals surface area contributed by atoms with Gasteiger partial charge in [-0.1, -0.05) is 51.0 Å². The standard InChI is InChI=1S/C18H35NO3/c1-3-5-7-9-11-17(21)15-19(13-14-20)16-18(22)12-10-8-6-4-2/h7-10,17-18,20-22H,3-6,11-16H2,1-2H3/b9-7+,10-8+. The number of hydrogen-bond donors (Lipinski definition) is 3. The van der Waals surface area contributed by atoms with Gasteiger partial charge in [0.1, 0.15) is 0 Å². The van der Waals surface area contributed by atoms with E-state index in [-0.39, 0.29) is 6.61 Å². The summed E-state index contributed by atoms with van der Waals surface area (Å²) < 4.78 is 0. The summed E-state index contributed by atoms with van der Waals surface area (Å²) in [5.41, 5.74) is 0. The summed E-state index contributed by atoms with van der Waals surface area (Å²) in [6.07, 6.45) is 12.8. The second kappa shape index (κ2) is 15.2. The van der Waals surface area contributed by atoms with Crippen molar-refractivity contribution in [2.45, 2.75) is 64.6 Å². The highest BCUT2D eigenvalue weighted by atomic mass is 16.3. The molecule has 3 N–H and O–H groups in total. The molecule has 0 rings (SSSR count). The van der Waals surface area contributed by atoms with Gasteiger partial charge in [-0.15, -0.1) is 0 Å². The van der Waals surface area contributed by atoms with Gasteiger partial charge >= 0.3 is 0 Å². The first-order valence-corrected chi connectivity index (χ1v) is 8.63. The van der Waals surface area contributed by atoms with Crippen LogP contribution in [0.1, 0.15) is 52.4 Å². The highest BCUT2D eigenvalue weighted by Gasteiger charge is 2.14. The second-order valence-electron chi connectivity index (χ2n) is 5.78. The molecule has 0 amide bonds. The van der Waals surface area contributed by atoms with E-state index in [2.05, 4.69) is 26.0 Å². The molecule has 4 heteroatoms. The van der Waals surface area contributed by atoms with E-state index in [1.54, 1.807) is 0 Å². The van der Waals surface area contributed by atoms with Gasteiger partial charge in [0.05, 0.1) is 18.8 Å². The van der Waals surface area contributed by atoms with Crippen LogP contribution in [0.2, 0.25) is 0 Å². The molecule has 0 aliphatic heterocycles. The number of allylic oxidation sites excluding steroid dienone is 2. The lowest BCUT2D eigenvalue weighted by atomic mass is 10.1. The topological polar surface area (TPSA) is 63.9 Å². The third-order valence-electron chi connectivity index (χ3n) is 3.41. The average Bonchev–Trinajstić information content (AvgIpc) is 2.48. The minimum atomic E-state index is -0.456. The Morgan fingerprint density at radius 3 is 1.64 bits per heavy atom. The Labute approximate surface area is 136 Å². The summed E-state index contributed by atoms with van der Waals surface area (Å²) in [5, 5.41) is 29.2. The summed E-state index contributed by atoms with van der Waals surface area (Å²) in [6, 6.07) is 0. The van der Waals surface area contributed by atoms with Crippen molar-refractivity contribution in [3.05, 3.63) is 24.3 Å². The fraction of sp³-hybridized carbons (Fsp3) is 0.778. The van der Waals surface area contributed by atoms with Gasteiger partial charge in [-0.2, -0.15) is 0 Å². The maximum atomic E-state index is 10.0. The fourth-order valence-corrected chi connectivity index (χ4v) is 2.22. The van der Waals surface area contributed by atoms with Crippen LogP contribution in [0, 0.1) is 0 Å². The molecule has 22 heavy (non-hydrogen) atoms. The van der Waals surface area contributed by atoms with Gasteiger partial charge in [0.2, 0.25) is 0 Å². The Morgan fingerprint density at radius 1 is 0.818 bits per heavy atom. The molecule has 0 fully saturated rings. The lowest BCUT2D eigenvalue weighted by Crippen LogP contribution is -2.39. The van der Waals surface area contributed by atoms with Crippen molar-refractivity contribution >= 4 is 0 Å². The third-order valence-corrected chi connectivity index (χ3v) is 3.41. The van der Waals surface area contributed by atoms with E-state index in [9.17, 15) is 10.2 Å². The van der Waals surface area contributed by atoms with Crippen LogP contribution in [0.25, 0.3) is 0 Å². The summed E-state index contributed by atoms with van der Waals surface area (Å²) in [6.45, 7) is 5.72. The molecule has 0 heterocycles. The van der Waals surface area contributed by atoms with E-state index in [4.69, 9.17) is 5.11 Å². The molecule has 0 saturated carbocycles. The fourth-order valence-electron chi connectivity index (χ4n) is 2.22. The Bertz CT molecular complexity index is 266. The first kappa shape index (κ1) is 21.3. The molecule has 0 aromatic rings. The largest absolute Gasteiger partial charge is 0.395 e. The van der Waals surface area contributed by atoms with Gasteiger partial charge in [0.15, 0.2) is 0 Å². The summed E-state index contributed by atoms with van der Waals surface area (Å²) in [4.78, 5) is 1.93. The van der Waals surface area contributed by atoms with Gasteiger partial charge in [0, 0.05) is 19.6 Å². The Balaban J connectivity index is 4.11. The normalized spacial score (nSPS) is 15.2. The summed E-state index contributed by atoms with van der Waals surface area (Å²) in [7, 11) is 0. The number of unbranched alkanes of at least 4 members (excludes halogenated alkanes) is 2. The molecule has 0 spiro atoms. The molecule has 0 aromatic carbocycles. The number of nitrogens with zero attached hydrogens (tertiary/aromatic N) is 1. The van der Waals surface area contributed by atoms with Crippen LogP contribution < -0.4 is 0 Å². The molecule has 0 saturated heterocycles.